The second-order valence-electron chi connectivity index (χ2n) is 5.48. The third-order valence-electron chi connectivity index (χ3n) is 3.33. The molecular formula is C18H20IN3O3. The van der Waals surface area contributed by atoms with Crippen LogP contribution in [0.15, 0.2) is 48.5 Å². The molecule has 0 aliphatic carbocycles. The van der Waals surface area contributed by atoms with E-state index in [9.17, 15) is 9.59 Å². The quantitative estimate of drug-likeness (QED) is 0.633. The lowest BCUT2D eigenvalue weighted by molar-refractivity contribution is -0.119. The van der Waals surface area contributed by atoms with Crippen LogP contribution < -0.4 is 15.4 Å². The van der Waals surface area contributed by atoms with Gasteiger partial charge in [-0.3, -0.25) is 14.5 Å². The van der Waals surface area contributed by atoms with E-state index >= 15 is 0 Å². The van der Waals surface area contributed by atoms with Crippen LogP contribution in [-0.4, -0.2) is 44.0 Å². The molecule has 0 unspecified atom stereocenters. The summed E-state index contributed by atoms with van der Waals surface area (Å²) in [6, 6.07) is 14.7. The average molecular weight is 453 g/mol. The Hall–Kier alpha value is -2.13. The highest BCUT2D eigenvalue weighted by molar-refractivity contribution is 14.1. The molecule has 0 saturated carbocycles. The van der Waals surface area contributed by atoms with Crippen molar-refractivity contribution in [3.63, 3.8) is 0 Å². The summed E-state index contributed by atoms with van der Waals surface area (Å²) in [5.41, 5.74) is 1.42. The number of rotatable bonds is 7. The summed E-state index contributed by atoms with van der Waals surface area (Å²) >= 11 is 2.16. The van der Waals surface area contributed by atoms with Gasteiger partial charge in [-0.25, -0.2) is 0 Å². The molecule has 0 spiro atoms. The molecule has 0 saturated heterocycles. The topological polar surface area (TPSA) is 70.7 Å². The number of hydrogen-bond donors (Lipinski definition) is 2. The van der Waals surface area contributed by atoms with Crippen molar-refractivity contribution < 1.29 is 14.3 Å². The third kappa shape index (κ3) is 6.35. The molecule has 0 aliphatic heterocycles. The van der Waals surface area contributed by atoms with E-state index in [1.54, 1.807) is 43.3 Å². The third-order valence-corrected chi connectivity index (χ3v) is 4.27. The number of hydrogen-bond acceptors (Lipinski definition) is 4. The van der Waals surface area contributed by atoms with Gasteiger partial charge in [0, 0.05) is 15.3 Å². The van der Waals surface area contributed by atoms with Crippen molar-refractivity contribution in [1.82, 2.24) is 4.90 Å². The predicted molar refractivity (Wildman–Crippen MR) is 107 cm³/mol. The Kier molecular flexibility index (Phi) is 7.20. The van der Waals surface area contributed by atoms with Gasteiger partial charge in [0.25, 0.3) is 0 Å². The van der Waals surface area contributed by atoms with Crippen molar-refractivity contribution in [2.75, 3.05) is 37.9 Å². The number of anilines is 2. The minimum Gasteiger partial charge on any atom is -0.497 e. The minimum atomic E-state index is -0.196. The standard InChI is InChI=1S/C18H20IN3O3/c1-22(12-18(24)21-16-9-4-3-8-15(16)19)11-17(23)20-13-6-5-7-14(10-13)25-2/h3-10H,11-12H2,1-2H3,(H,20,23)(H,21,24). The van der Waals surface area contributed by atoms with E-state index in [-0.39, 0.29) is 24.9 Å². The Labute approximate surface area is 160 Å². The number of nitrogens with one attached hydrogen (secondary N) is 2. The number of likely N-dealkylation sites (N-methyl/N-ethyl adjacent to an activating group) is 1. The summed E-state index contributed by atoms with van der Waals surface area (Å²) in [6.07, 6.45) is 0. The molecule has 6 nitrogen and oxygen atoms in total. The van der Waals surface area contributed by atoms with Gasteiger partial charge >= 0.3 is 0 Å². The van der Waals surface area contributed by atoms with Crippen LogP contribution in [0.2, 0.25) is 0 Å². The van der Waals surface area contributed by atoms with E-state index in [1.165, 1.54) is 0 Å². The highest BCUT2D eigenvalue weighted by Gasteiger charge is 2.12. The molecule has 0 heterocycles. The summed E-state index contributed by atoms with van der Waals surface area (Å²) in [6.45, 7) is 0.229. The Balaban J connectivity index is 1.82. The molecular weight excluding hydrogens is 433 g/mol. The lowest BCUT2D eigenvalue weighted by Crippen LogP contribution is -2.36. The number of methoxy groups -OCH3 is 1. The van der Waals surface area contributed by atoms with E-state index in [4.69, 9.17) is 4.74 Å². The summed E-state index contributed by atoms with van der Waals surface area (Å²) in [7, 11) is 3.29. The normalized spacial score (nSPS) is 10.4. The molecule has 0 aliphatic rings. The van der Waals surface area contributed by atoms with Crippen molar-refractivity contribution in [2.24, 2.45) is 0 Å². The van der Waals surface area contributed by atoms with Crippen molar-refractivity contribution in [2.45, 2.75) is 0 Å². The smallest absolute Gasteiger partial charge is 0.238 e. The maximum absolute atomic E-state index is 12.1. The van der Waals surface area contributed by atoms with Crippen LogP contribution in [0.4, 0.5) is 11.4 Å². The number of amides is 2. The fourth-order valence-corrected chi connectivity index (χ4v) is 2.72. The van der Waals surface area contributed by atoms with Gasteiger partial charge in [-0.15, -0.1) is 0 Å². The lowest BCUT2D eigenvalue weighted by atomic mass is 10.3. The SMILES string of the molecule is COc1cccc(NC(=O)CN(C)CC(=O)Nc2ccccc2I)c1. The van der Waals surface area contributed by atoms with E-state index in [2.05, 4.69) is 33.2 Å². The minimum absolute atomic E-state index is 0.108. The van der Waals surface area contributed by atoms with Gasteiger partial charge in [0.05, 0.1) is 25.9 Å². The molecule has 0 aromatic heterocycles. The second-order valence-corrected chi connectivity index (χ2v) is 6.64. The van der Waals surface area contributed by atoms with Gasteiger partial charge in [-0.05, 0) is 53.9 Å². The van der Waals surface area contributed by atoms with Crippen molar-refractivity contribution >= 4 is 45.8 Å². The summed E-state index contributed by atoms with van der Waals surface area (Å²) in [5, 5.41) is 5.63. The van der Waals surface area contributed by atoms with Crippen LogP contribution in [0.25, 0.3) is 0 Å². The van der Waals surface area contributed by atoms with E-state index in [1.807, 2.05) is 24.3 Å². The zero-order valence-corrected chi connectivity index (χ0v) is 16.2. The van der Waals surface area contributed by atoms with Crippen LogP contribution in [0, 0.1) is 3.57 Å². The fourth-order valence-electron chi connectivity index (χ4n) is 2.20. The molecule has 2 aromatic rings. The van der Waals surface area contributed by atoms with E-state index in [0.717, 1.165) is 9.26 Å². The Morgan fingerprint density at radius 3 is 2.40 bits per heavy atom. The molecule has 132 valence electrons. The number of benzene rings is 2. The molecule has 0 atom stereocenters. The highest BCUT2D eigenvalue weighted by Crippen LogP contribution is 2.17. The van der Waals surface area contributed by atoms with Crippen molar-refractivity contribution in [3.05, 3.63) is 52.1 Å². The molecule has 2 rings (SSSR count). The number of halogens is 1. The summed E-state index contributed by atoms with van der Waals surface area (Å²) < 4.78 is 6.09. The molecule has 2 aromatic carbocycles. The van der Waals surface area contributed by atoms with Crippen LogP contribution in [0.5, 0.6) is 5.75 Å². The van der Waals surface area contributed by atoms with Gasteiger partial charge in [0.15, 0.2) is 0 Å². The first-order valence-electron chi connectivity index (χ1n) is 7.65. The monoisotopic (exact) mass is 453 g/mol. The lowest BCUT2D eigenvalue weighted by Gasteiger charge is -2.16. The van der Waals surface area contributed by atoms with E-state index in [0.29, 0.717) is 11.4 Å². The van der Waals surface area contributed by atoms with Crippen LogP contribution >= 0.6 is 22.6 Å². The number of nitrogens with zero attached hydrogens (tertiary/aromatic N) is 1. The van der Waals surface area contributed by atoms with E-state index < -0.39 is 0 Å². The first-order chi connectivity index (χ1) is 12.0. The first kappa shape index (κ1) is 19.2. The molecule has 2 N–H and O–H groups in total. The number of ether oxygens (including phenoxy) is 1. The highest BCUT2D eigenvalue weighted by atomic mass is 127. The van der Waals surface area contributed by atoms with Gasteiger partial charge in [0.2, 0.25) is 11.8 Å². The molecule has 2 amide bonds. The number of carbonyl (C=O) groups excluding carboxylic acids is 2. The van der Waals surface area contributed by atoms with Gasteiger partial charge < -0.3 is 15.4 Å². The molecule has 0 fully saturated rings. The van der Waals surface area contributed by atoms with Gasteiger partial charge in [0.1, 0.15) is 5.75 Å². The fraction of sp³-hybridized carbons (Fsp3) is 0.222. The zero-order valence-electron chi connectivity index (χ0n) is 14.1. The Morgan fingerprint density at radius 1 is 1.04 bits per heavy atom. The first-order valence-corrected chi connectivity index (χ1v) is 8.72. The molecule has 0 radical (unpaired) electrons. The van der Waals surface area contributed by atoms with Crippen molar-refractivity contribution in [1.29, 1.82) is 0 Å². The molecule has 25 heavy (non-hydrogen) atoms. The van der Waals surface area contributed by atoms with Gasteiger partial charge in [-0.1, -0.05) is 18.2 Å². The van der Waals surface area contributed by atoms with Crippen LogP contribution in [0.1, 0.15) is 0 Å². The zero-order chi connectivity index (χ0) is 18.2. The summed E-state index contributed by atoms with van der Waals surface area (Å²) in [5.74, 6) is 0.307. The maximum atomic E-state index is 12.1. The average Bonchev–Trinajstić information content (AvgIpc) is 2.56. The summed E-state index contributed by atoms with van der Waals surface area (Å²) in [4.78, 5) is 25.8. The number of carbonyl (C=O) groups is 2. The van der Waals surface area contributed by atoms with Crippen LogP contribution in [0.3, 0.4) is 0 Å². The predicted octanol–water partition coefficient (Wildman–Crippen LogP) is 2.81. The van der Waals surface area contributed by atoms with Crippen LogP contribution in [-0.2, 0) is 9.59 Å². The molecule has 0 bridgehead atoms. The largest absolute Gasteiger partial charge is 0.497 e. The number of para-hydroxylation sites is 1. The Bertz CT molecular complexity index is 752. The van der Waals surface area contributed by atoms with Crippen molar-refractivity contribution in [3.8, 4) is 5.75 Å². The maximum Gasteiger partial charge on any atom is 0.238 e. The Morgan fingerprint density at radius 2 is 1.72 bits per heavy atom. The molecule has 7 heteroatoms. The second kappa shape index (κ2) is 9.38. The van der Waals surface area contributed by atoms with Gasteiger partial charge in [-0.2, -0.15) is 0 Å².